The monoisotopic (exact) mass is 412 g/mol. The maximum atomic E-state index is 12.4. The zero-order valence-corrected chi connectivity index (χ0v) is 17.0. The lowest BCUT2D eigenvalue weighted by Crippen LogP contribution is -2.38. The summed E-state index contributed by atoms with van der Waals surface area (Å²) in [6, 6.07) is 10.2. The highest BCUT2D eigenvalue weighted by molar-refractivity contribution is 7.09. The van der Waals surface area contributed by atoms with Gasteiger partial charge in [0.15, 0.2) is 5.69 Å². The minimum absolute atomic E-state index is 0.236. The van der Waals surface area contributed by atoms with Crippen molar-refractivity contribution in [2.75, 3.05) is 32.8 Å². The normalized spacial score (nSPS) is 14.8. The number of ether oxygens (including phenoxy) is 1. The van der Waals surface area contributed by atoms with Gasteiger partial charge in [0.1, 0.15) is 0 Å². The van der Waals surface area contributed by atoms with Crippen molar-refractivity contribution in [3.63, 3.8) is 0 Å². The standard InChI is InChI=1S/C20H24N6O2S/c27-20(18-14-26(24-23-18)7-6-25-8-10-28-11-9-25)21-13-17-15-29-19(22-17)12-16-4-2-1-3-5-16/h1-5,14-15H,6-13H2,(H,21,27). The lowest BCUT2D eigenvalue weighted by molar-refractivity contribution is 0.0359. The first-order valence-corrected chi connectivity index (χ1v) is 10.6. The summed E-state index contributed by atoms with van der Waals surface area (Å²) in [5.41, 5.74) is 2.41. The third-order valence-electron chi connectivity index (χ3n) is 4.75. The van der Waals surface area contributed by atoms with E-state index < -0.39 is 0 Å². The Bertz CT molecular complexity index is 920. The van der Waals surface area contributed by atoms with Crippen molar-refractivity contribution in [2.45, 2.75) is 19.5 Å². The first-order chi connectivity index (χ1) is 14.3. The summed E-state index contributed by atoms with van der Waals surface area (Å²) >= 11 is 1.61. The van der Waals surface area contributed by atoms with E-state index in [1.165, 1.54) is 5.56 Å². The number of thiazole rings is 1. The van der Waals surface area contributed by atoms with Crippen LogP contribution in [-0.2, 0) is 24.2 Å². The molecule has 4 rings (SSSR count). The first-order valence-electron chi connectivity index (χ1n) is 9.72. The van der Waals surface area contributed by atoms with Gasteiger partial charge in [-0.1, -0.05) is 35.5 Å². The molecule has 1 amide bonds. The second-order valence-electron chi connectivity index (χ2n) is 6.90. The van der Waals surface area contributed by atoms with Crippen molar-refractivity contribution < 1.29 is 9.53 Å². The van der Waals surface area contributed by atoms with Gasteiger partial charge < -0.3 is 10.1 Å². The summed E-state index contributed by atoms with van der Waals surface area (Å²) in [6.45, 7) is 5.37. The number of amides is 1. The molecule has 9 heteroatoms. The lowest BCUT2D eigenvalue weighted by Gasteiger charge is -2.26. The highest BCUT2D eigenvalue weighted by Crippen LogP contribution is 2.14. The molecule has 3 heterocycles. The van der Waals surface area contributed by atoms with Crippen molar-refractivity contribution in [3.8, 4) is 0 Å². The van der Waals surface area contributed by atoms with E-state index in [2.05, 4.69) is 37.6 Å². The number of carbonyl (C=O) groups excluding carboxylic acids is 1. The number of morpholine rings is 1. The van der Waals surface area contributed by atoms with Crippen LogP contribution in [0.15, 0.2) is 41.9 Å². The van der Waals surface area contributed by atoms with Crippen LogP contribution in [0.4, 0.5) is 0 Å². The number of hydrogen-bond acceptors (Lipinski definition) is 7. The van der Waals surface area contributed by atoms with Crippen molar-refractivity contribution >= 4 is 17.2 Å². The van der Waals surface area contributed by atoms with Crippen LogP contribution in [-0.4, -0.2) is 63.6 Å². The van der Waals surface area contributed by atoms with Gasteiger partial charge in [-0.25, -0.2) is 4.98 Å². The van der Waals surface area contributed by atoms with Gasteiger partial charge in [0.05, 0.1) is 43.2 Å². The Kier molecular flexibility index (Phi) is 6.60. The van der Waals surface area contributed by atoms with Crippen molar-refractivity contribution in [3.05, 3.63) is 63.9 Å². The molecule has 3 aromatic rings. The molecule has 0 radical (unpaired) electrons. The lowest BCUT2D eigenvalue weighted by atomic mass is 10.2. The van der Waals surface area contributed by atoms with Crippen LogP contribution in [0.5, 0.6) is 0 Å². The van der Waals surface area contributed by atoms with E-state index in [-0.39, 0.29) is 5.91 Å². The largest absolute Gasteiger partial charge is 0.379 e. The second-order valence-corrected chi connectivity index (χ2v) is 7.84. The molecule has 8 nitrogen and oxygen atoms in total. The molecule has 2 aromatic heterocycles. The van der Waals surface area contributed by atoms with E-state index >= 15 is 0 Å². The number of hydrogen-bond donors (Lipinski definition) is 1. The summed E-state index contributed by atoms with van der Waals surface area (Å²) in [5.74, 6) is -0.236. The minimum atomic E-state index is -0.236. The van der Waals surface area contributed by atoms with Gasteiger partial charge in [-0.2, -0.15) is 0 Å². The van der Waals surface area contributed by atoms with Crippen molar-refractivity contribution in [2.24, 2.45) is 0 Å². The van der Waals surface area contributed by atoms with Crippen LogP contribution in [0, 0.1) is 0 Å². The maximum absolute atomic E-state index is 12.4. The summed E-state index contributed by atoms with van der Waals surface area (Å²) in [7, 11) is 0. The molecule has 1 saturated heterocycles. The summed E-state index contributed by atoms with van der Waals surface area (Å²) in [6.07, 6.45) is 2.49. The summed E-state index contributed by atoms with van der Waals surface area (Å²) in [4.78, 5) is 19.3. The van der Waals surface area contributed by atoms with Crippen LogP contribution in [0.25, 0.3) is 0 Å². The van der Waals surface area contributed by atoms with Gasteiger partial charge in [0, 0.05) is 31.4 Å². The van der Waals surface area contributed by atoms with E-state index in [1.807, 2.05) is 23.6 Å². The maximum Gasteiger partial charge on any atom is 0.273 e. The predicted molar refractivity (Wildman–Crippen MR) is 110 cm³/mol. The van der Waals surface area contributed by atoms with Crippen LogP contribution in [0.1, 0.15) is 26.8 Å². The zero-order chi connectivity index (χ0) is 19.9. The van der Waals surface area contributed by atoms with Crippen LogP contribution < -0.4 is 5.32 Å². The Labute approximate surface area is 173 Å². The number of rotatable bonds is 8. The third kappa shape index (κ3) is 5.69. The molecule has 1 N–H and O–H groups in total. The van der Waals surface area contributed by atoms with E-state index in [0.29, 0.717) is 18.8 Å². The van der Waals surface area contributed by atoms with Crippen molar-refractivity contribution in [1.29, 1.82) is 0 Å². The average Bonchev–Trinajstić information content (AvgIpc) is 3.42. The van der Waals surface area contributed by atoms with Gasteiger partial charge in [-0.05, 0) is 5.56 Å². The third-order valence-corrected chi connectivity index (χ3v) is 5.65. The minimum Gasteiger partial charge on any atom is -0.379 e. The van der Waals surface area contributed by atoms with Crippen LogP contribution in [0.2, 0.25) is 0 Å². The van der Waals surface area contributed by atoms with E-state index in [1.54, 1.807) is 22.2 Å². The van der Waals surface area contributed by atoms with Crippen molar-refractivity contribution in [1.82, 2.24) is 30.2 Å². The molecule has 152 valence electrons. The Morgan fingerprint density at radius 1 is 1.17 bits per heavy atom. The van der Waals surface area contributed by atoms with Gasteiger partial charge in [0.25, 0.3) is 5.91 Å². The molecular formula is C20H24N6O2S. The molecule has 1 aliphatic rings. The van der Waals surface area contributed by atoms with Gasteiger partial charge in [0.2, 0.25) is 0 Å². The molecule has 0 saturated carbocycles. The molecule has 29 heavy (non-hydrogen) atoms. The fraction of sp³-hybridized carbons (Fsp3) is 0.400. The summed E-state index contributed by atoms with van der Waals surface area (Å²) < 4.78 is 7.06. The smallest absolute Gasteiger partial charge is 0.273 e. The second kappa shape index (κ2) is 9.73. The van der Waals surface area contributed by atoms with Crippen LogP contribution >= 0.6 is 11.3 Å². The quantitative estimate of drug-likeness (QED) is 0.605. The average molecular weight is 413 g/mol. The molecule has 1 aromatic carbocycles. The zero-order valence-electron chi connectivity index (χ0n) is 16.2. The number of benzene rings is 1. The molecule has 1 aliphatic heterocycles. The van der Waals surface area contributed by atoms with E-state index in [9.17, 15) is 4.79 Å². The van der Waals surface area contributed by atoms with Crippen LogP contribution in [0.3, 0.4) is 0 Å². The first kappa shape index (κ1) is 19.7. The fourth-order valence-corrected chi connectivity index (χ4v) is 3.95. The van der Waals surface area contributed by atoms with Gasteiger partial charge in [-0.15, -0.1) is 16.4 Å². The predicted octanol–water partition coefficient (Wildman–Crippen LogP) is 1.59. The number of nitrogens with zero attached hydrogens (tertiary/aromatic N) is 5. The number of carbonyl (C=O) groups is 1. The SMILES string of the molecule is O=C(NCc1csc(Cc2ccccc2)n1)c1cn(CCN2CCOCC2)nn1. The van der Waals surface area contributed by atoms with E-state index in [0.717, 1.165) is 50.0 Å². The Morgan fingerprint density at radius 2 is 2.00 bits per heavy atom. The fourth-order valence-electron chi connectivity index (χ4n) is 3.12. The van der Waals surface area contributed by atoms with Gasteiger partial charge >= 0.3 is 0 Å². The Morgan fingerprint density at radius 3 is 2.83 bits per heavy atom. The molecule has 0 spiro atoms. The molecule has 0 aliphatic carbocycles. The topological polar surface area (TPSA) is 85.2 Å². The molecule has 1 fully saturated rings. The molecule has 0 unspecified atom stereocenters. The van der Waals surface area contributed by atoms with E-state index in [4.69, 9.17) is 4.74 Å². The molecule has 0 bridgehead atoms. The van der Waals surface area contributed by atoms with Gasteiger partial charge in [-0.3, -0.25) is 14.4 Å². The Hall–Kier alpha value is -2.62. The summed E-state index contributed by atoms with van der Waals surface area (Å²) in [5, 5.41) is 13.9. The molecule has 0 atom stereocenters. The highest BCUT2D eigenvalue weighted by atomic mass is 32.1. The number of nitrogens with one attached hydrogen (secondary N) is 1. The Balaban J connectivity index is 1.24. The number of aromatic nitrogens is 4. The molecular weight excluding hydrogens is 388 g/mol. The highest BCUT2D eigenvalue weighted by Gasteiger charge is 2.14.